The van der Waals surface area contributed by atoms with E-state index in [9.17, 15) is 9.90 Å². The van der Waals surface area contributed by atoms with Gasteiger partial charge in [-0.1, -0.05) is 23.7 Å². The van der Waals surface area contributed by atoms with Crippen molar-refractivity contribution in [3.63, 3.8) is 0 Å². The summed E-state index contributed by atoms with van der Waals surface area (Å²) in [6.45, 7) is 1.79. The van der Waals surface area contributed by atoms with Gasteiger partial charge in [-0.05, 0) is 42.8 Å². The lowest BCUT2D eigenvalue weighted by Gasteiger charge is -2.06. The number of carbonyl (C=O) groups is 1. The number of aromatic nitrogens is 2. The number of hydrogen-bond donors (Lipinski definition) is 2. The molecule has 0 saturated carbocycles. The molecule has 2 aromatic heterocycles. The average molecular weight is 367 g/mol. The van der Waals surface area contributed by atoms with E-state index in [1.807, 2.05) is 36.4 Å². The Bertz CT molecular complexity index is 1160. The Hall–Kier alpha value is -3.05. The summed E-state index contributed by atoms with van der Waals surface area (Å²) in [7, 11) is 1.63. The second-order valence-corrected chi connectivity index (χ2v) is 6.49. The van der Waals surface area contributed by atoms with Crippen LogP contribution in [0.3, 0.4) is 0 Å². The third kappa shape index (κ3) is 2.57. The van der Waals surface area contributed by atoms with Crippen LogP contribution in [0.25, 0.3) is 32.9 Å². The van der Waals surface area contributed by atoms with E-state index in [1.165, 1.54) is 0 Å². The largest absolute Gasteiger partial charge is 0.497 e. The zero-order valence-corrected chi connectivity index (χ0v) is 14.9. The Kier molecular flexibility index (Phi) is 3.81. The number of nitrogens with zero attached hydrogens (tertiary/aromatic N) is 1. The van der Waals surface area contributed by atoms with Gasteiger partial charge in [0.15, 0.2) is 0 Å². The minimum absolute atomic E-state index is 0.0156. The summed E-state index contributed by atoms with van der Waals surface area (Å²) in [4.78, 5) is 18.9. The highest BCUT2D eigenvalue weighted by Crippen LogP contribution is 2.37. The molecule has 130 valence electrons. The van der Waals surface area contributed by atoms with Crippen molar-refractivity contribution in [2.75, 3.05) is 7.11 Å². The topological polar surface area (TPSA) is 75.2 Å². The van der Waals surface area contributed by atoms with Gasteiger partial charge in [0, 0.05) is 21.4 Å². The smallest absolute Gasteiger partial charge is 0.354 e. The van der Waals surface area contributed by atoms with Gasteiger partial charge < -0.3 is 14.8 Å². The van der Waals surface area contributed by atoms with Crippen LogP contribution < -0.4 is 4.74 Å². The van der Waals surface area contributed by atoms with E-state index in [0.717, 1.165) is 38.7 Å². The van der Waals surface area contributed by atoms with Gasteiger partial charge in [0.1, 0.15) is 11.4 Å². The molecule has 0 unspecified atom stereocenters. The highest BCUT2D eigenvalue weighted by molar-refractivity contribution is 6.32. The van der Waals surface area contributed by atoms with Crippen molar-refractivity contribution in [1.82, 2.24) is 9.97 Å². The third-order valence-electron chi connectivity index (χ3n) is 4.46. The summed E-state index contributed by atoms with van der Waals surface area (Å²) in [5, 5.41) is 11.5. The van der Waals surface area contributed by atoms with E-state index in [1.54, 1.807) is 20.1 Å². The molecular formula is C20H15ClN2O3. The predicted molar refractivity (Wildman–Crippen MR) is 102 cm³/mol. The van der Waals surface area contributed by atoms with Crippen molar-refractivity contribution in [1.29, 1.82) is 0 Å². The Labute approximate surface area is 154 Å². The van der Waals surface area contributed by atoms with Gasteiger partial charge in [-0.3, -0.25) is 0 Å². The highest BCUT2D eigenvalue weighted by Gasteiger charge is 2.16. The fraction of sp³-hybridized carbons (Fsp3) is 0.100. The van der Waals surface area contributed by atoms with Crippen LogP contribution >= 0.6 is 11.6 Å². The van der Waals surface area contributed by atoms with E-state index in [0.29, 0.717) is 10.7 Å². The number of benzene rings is 2. The highest BCUT2D eigenvalue weighted by atomic mass is 35.5. The molecule has 0 fully saturated rings. The quantitative estimate of drug-likeness (QED) is 0.532. The Morgan fingerprint density at radius 1 is 1.12 bits per heavy atom. The van der Waals surface area contributed by atoms with E-state index in [-0.39, 0.29) is 5.69 Å². The molecule has 0 aliphatic rings. The lowest BCUT2D eigenvalue weighted by Crippen LogP contribution is -2.01. The zero-order valence-electron chi connectivity index (χ0n) is 14.1. The maximum absolute atomic E-state index is 11.4. The standard InChI is InChI=1S/C20H15ClN2O3/c1-10-18-16(9-17(22-10)20(24)25)15-8-12(21)7-14(19(15)23-18)11-3-5-13(26-2)6-4-11/h3-9,23H,1-2H3,(H,24,25). The molecule has 0 aliphatic heterocycles. The molecule has 0 aliphatic carbocycles. The van der Waals surface area contributed by atoms with Gasteiger partial charge >= 0.3 is 5.97 Å². The molecule has 2 aromatic carbocycles. The number of hydrogen-bond acceptors (Lipinski definition) is 3. The number of rotatable bonds is 3. The van der Waals surface area contributed by atoms with Crippen LogP contribution in [0.4, 0.5) is 0 Å². The van der Waals surface area contributed by atoms with Crippen molar-refractivity contribution in [3.8, 4) is 16.9 Å². The molecule has 4 rings (SSSR count). The number of aromatic amines is 1. The van der Waals surface area contributed by atoms with E-state index >= 15 is 0 Å². The van der Waals surface area contributed by atoms with E-state index < -0.39 is 5.97 Å². The molecule has 0 bridgehead atoms. The van der Waals surface area contributed by atoms with E-state index in [2.05, 4.69) is 9.97 Å². The van der Waals surface area contributed by atoms with Gasteiger partial charge in [0.2, 0.25) is 0 Å². The lowest BCUT2D eigenvalue weighted by atomic mass is 10.0. The molecule has 0 amide bonds. The Balaban J connectivity index is 2.05. The van der Waals surface area contributed by atoms with E-state index in [4.69, 9.17) is 16.3 Å². The number of fused-ring (bicyclic) bond motifs is 3. The number of aryl methyl sites for hydroxylation is 1. The molecule has 0 saturated heterocycles. The van der Waals surface area contributed by atoms with Gasteiger partial charge in [0.25, 0.3) is 0 Å². The maximum atomic E-state index is 11.4. The first kappa shape index (κ1) is 16.4. The number of methoxy groups -OCH3 is 1. The summed E-state index contributed by atoms with van der Waals surface area (Å²) >= 11 is 6.36. The van der Waals surface area contributed by atoms with Crippen LogP contribution in [-0.2, 0) is 0 Å². The second kappa shape index (κ2) is 6.04. The number of carboxylic acids is 1. The first-order chi connectivity index (χ1) is 12.5. The van der Waals surface area contributed by atoms with Crippen LogP contribution in [-0.4, -0.2) is 28.2 Å². The van der Waals surface area contributed by atoms with Crippen LogP contribution in [0.2, 0.25) is 5.02 Å². The van der Waals surface area contributed by atoms with Crippen molar-refractivity contribution < 1.29 is 14.6 Å². The molecule has 0 atom stereocenters. The number of pyridine rings is 1. The van der Waals surface area contributed by atoms with Crippen molar-refractivity contribution in [2.24, 2.45) is 0 Å². The maximum Gasteiger partial charge on any atom is 0.354 e. The van der Waals surface area contributed by atoms with Gasteiger partial charge in [-0.15, -0.1) is 0 Å². The van der Waals surface area contributed by atoms with Crippen molar-refractivity contribution >= 4 is 39.4 Å². The molecule has 26 heavy (non-hydrogen) atoms. The van der Waals surface area contributed by atoms with Crippen LogP contribution in [0.1, 0.15) is 16.2 Å². The number of halogens is 1. The summed E-state index contributed by atoms with van der Waals surface area (Å²) < 4.78 is 5.22. The molecule has 0 spiro atoms. The Morgan fingerprint density at radius 3 is 2.46 bits per heavy atom. The minimum Gasteiger partial charge on any atom is -0.497 e. The minimum atomic E-state index is -1.05. The summed E-state index contributed by atoms with van der Waals surface area (Å²) in [6, 6.07) is 13.0. The lowest BCUT2D eigenvalue weighted by molar-refractivity contribution is 0.0690. The third-order valence-corrected chi connectivity index (χ3v) is 4.68. The molecule has 6 heteroatoms. The number of aromatic carboxylic acids is 1. The second-order valence-electron chi connectivity index (χ2n) is 6.05. The molecule has 5 nitrogen and oxygen atoms in total. The monoisotopic (exact) mass is 366 g/mol. The zero-order chi connectivity index (χ0) is 18.4. The summed E-state index contributed by atoms with van der Waals surface area (Å²) in [6.07, 6.45) is 0. The number of nitrogens with one attached hydrogen (secondary N) is 1. The molecule has 4 aromatic rings. The summed E-state index contributed by atoms with van der Waals surface area (Å²) in [5.41, 5.74) is 4.26. The number of H-pyrrole nitrogens is 1. The van der Waals surface area contributed by atoms with Gasteiger partial charge in [-0.2, -0.15) is 0 Å². The molecule has 2 heterocycles. The van der Waals surface area contributed by atoms with Gasteiger partial charge in [0.05, 0.1) is 23.8 Å². The molecular weight excluding hydrogens is 352 g/mol. The first-order valence-electron chi connectivity index (χ1n) is 7.98. The fourth-order valence-corrected chi connectivity index (χ4v) is 3.45. The Morgan fingerprint density at radius 2 is 1.81 bits per heavy atom. The molecule has 0 radical (unpaired) electrons. The summed E-state index contributed by atoms with van der Waals surface area (Å²) in [5.74, 6) is -0.281. The van der Waals surface area contributed by atoms with Crippen molar-refractivity contribution in [2.45, 2.75) is 6.92 Å². The first-order valence-corrected chi connectivity index (χ1v) is 8.36. The SMILES string of the molecule is COc1ccc(-c2cc(Cl)cc3c2[nH]c2c(C)nc(C(=O)O)cc23)cc1. The number of ether oxygens (including phenoxy) is 1. The van der Waals surface area contributed by atoms with Crippen molar-refractivity contribution in [3.05, 3.63) is 58.9 Å². The van der Waals surface area contributed by atoms with Crippen LogP contribution in [0.15, 0.2) is 42.5 Å². The fourth-order valence-electron chi connectivity index (χ4n) is 3.23. The van der Waals surface area contributed by atoms with Crippen LogP contribution in [0.5, 0.6) is 5.75 Å². The predicted octanol–water partition coefficient (Wildman–Crippen LogP) is 5.05. The number of carboxylic acid groups (broad SMARTS) is 1. The van der Waals surface area contributed by atoms with Crippen LogP contribution in [0, 0.1) is 6.92 Å². The normalized spacial score (nSPS) is 11.2. The van der Waals surface area contributed by atoms with Gasteiger partial charge in [-0.25, -0.2) is 9.78 Å². The molecule has 2 N–H and O–H groups in total. The average Bonchev–Trinajstić information content (AvgIpc) is 3.00.